The maximum Gasteiger partial charge on any atom is 0.0873 e. The lowest BCUT2D eigenvalue weighted by atomic mass is 9.65. The van der Waals surface area contributed by atoms with Gasteiger partial charge in [0.25, 0.3) is 0 Å². The minimum absolute atomic E-state index is 0.228. The zero-order valence-corrected chi connectivity index (χ0v) is 15.0. The van der Waals surface area contributed by atoms with Crippen LogP contribution in [0.4, 0.5) is 0 Å². The predicted octanol–water partition coefficient (Wildman–Crippen LogP) is 5.07. The van der Waals surface area contributed by atoms with Crippen LogP contribution in [0.2, 0.25) is 5.02 Å². The van der Waals surface area contributed by atoms with E-state index in [0.717, 1.165) is 41.6 Å². The van der Waals surface area contributed by atoms with Crippen molar-refractivity contribution in [3.05, 3.63) is 33.3 Å². The first kappa shape index (κ1) is 17.3. The van der Waals surface area contributed by atoms with Gasteiger partial charge in [0.2, 0.25) is 0 Å². The van der Waals surface area contributed by atoms with Crippen LogP contribution in [-0.4, -0.2) is 11.7 Å². The maximum atomic E-state index is 10.9. The number of hydrogen-bond acceptors (Lipinski definition) is 2. The average Bonchev–Trinajstić information content (AvgIpc) is 2.50. The SMILES string of the molecule is CCCC1CCC(CN)(C(O)c2cc(Br)ccc2Cl)CC1. The van der Waals surface area contributed by atoms with E-state index in [0.29, 0.717) is 11.6 Å². The van der Waals surface area contributed by atoms with Crippen molar-refractivity contribution in [2.45, 2.75) is 51.6 Å². The third-order valence-electron chi connectivity index (χ3n) is 5.04. The Labute approximate surface area is 141 Å². The molecule has 1 aliphatic rings. The lowest BCUT2D eigenvalue weighted by molar-refractivity contribution is -0.0108. The lowest BCUT2D eigenvalue weighted by Gasteiger charge is -2.43. The van der Waals surface area contributed by atoms with Gasteiger partial charge < -0.3 is 10.8 Å². The summed E-state index contributed by atoms with van der Waals surface area (Å²) in [6, 6.07) is 5.64. The molecule has 0 bridgehead atoms. The van der Waals surface area contributed by atoms with Gasteiger partial charge in [0.15, 0.2) is 0 Å². The van der Waals surface area contributed by atoms with Crippen molar-refractivity contribution in [3.8, 4) is 0 Å². The van der Waals surface area contributed by atoms with Crippen molar-refractivity contribution < 1.29 is 5.11 Å². The van der Waals surface area contributed by atoms with Crippen molar-refractivity contribution in [1.82, 2.24) is 0 Å². The number of benzene rings is 1. The summed E-state index contributed by atoms with van der Waals surface area (Å²) in [7, 11) is 0. The zero-order chi connectivity index (χ0) is 15.5. The largest absolute Gasteiger partial charge is 0.388 e. The Bertz CT molecular complexity index is 472. The van der Waals surface area contributed by atoms with Gasteiger partial charge >= 0.3 is 0 Å². The molecule has 1 fully saturated rings. The molecule has 0 heterocycles. The second-order valence-corrected chi connectivity index (χ2v) is 7.69. The van der Waals surface area contributed by atoms with Gasteiger partial charge in [0.05, 0.1) is 6.10 Å². The van der Waals surface area contributed by atoms with E-state index in [4.69, 9.17) is 17.3 Å². The molecule has 1 aromatic carbocycles. The van der Waals surface area contributed by atoms with Gasteiger partial charge in [0, 0.05) is 27.0 Å². The van der Waals surface area contributed by atoms with E-state index >= 15 is 0 Å². The molecule has 0 aliphatic heterocycles. The van der Waals surface area contributed by atoms with Gasteiger partial charge in [0.1, 0.15) is 0 Å². The fourth-order valence-electron chi connectivity index (χ4n) is 3.59. The highest BCUT2D eigenvalue weighted by atomic mass is 79.9. The van der Waals surface area contributed by atoms with Gasteiger partial charge in [-0.2, -0.15) is 0 Å². The Morgan fingerprint density at radius 2 is 2.10 bits per heavy atom. The van der Waals surface area contributed by atoms with Gasteiger partial charge in [-0.05, 0) is 49.8 Å². The van der Waals surface area contributed by atoms with E-state index in [2.05, 4.69) is 22.9 Å². The van der Waals surface area contributed by atoms with E-state index < -0.39 is 6.10 Å². The molecule has 1 atom stereocenters. The highest BCUT2D eigenvalue weighted by Crippen LogP contribution is 2.49. The molecule has 2 rings (SSSR count). The average molecular weight is 375 g/mol. The van der Waals surface area contributed by atoms with Gasteiger partial charge in [-0.15, -0.1) is 0 Å². The quantitative estimate of drug-likeness (QED) is 0.755. The summed E-state index contributed by atoms with van der Waals surface area (Å²) in [4.78, 5) is 0. The molecule has 118 valence electrons. The number of nitrogens with two attached hydrogens (primary N) is 1. The standard InChI is InChI=1S/C17H25BrClNO/c1-2-3-12-6-8-17(11-20,9-7-12)16(21)14-10-13(18)4-5-15(14)19/h4-5,10,12,16,21H,2-3,6-9,11,20H2,1H3. The van der Waals surface area contributed by atoms with Crippen LogP contribution < -0.4 is 5.73 Å². The molecule has 0 spiro atoms. The molecule has 0 aromatic heterocycles. The molecular formula is C17H25BrClNO. The number of aliphatic hydroxyl groups is 1. The molecule has 1 saturated carbocycles. The van der Waals surface area contributed by atoms with Crippen molar-refractivity contribution in [2.75, 3.05) is 6.54 Å². The summed E-state index contributed by atoms with van der Waals surface area (Å²) >= 11 is 9.74. The van der Waals surface area contributed by atoms with Crippen molar-refractivity contribution in [3.63, 3.8) is 0 Å². The summed E-state index contributed by atoms with van der Waals surface area (Å²) in [5, 5.41) is 11.6. The third-order valence-corrected chi connectivity index (χ3v) is 5.87. The molecule has 21 heavy (non-hydrogen) atoms. The Morgan fingerprint density at radius 3 is 2.67 bits per heavy atom. The fourth-order valence-corrected chi connectivity index (χ4v) is 4.19. The molecule has 0 saturated heterocycles. The topological polar surface area (TPSA) is 46.2 Å². The minimum Gasteiger partial charge on any atom is -0.388 e. The van der Waals surface area contributed by atoms with Gasteiger partial charge in [-0.3, -0.25) is 0 Å². The summed E-state index contributed by atoms with van der Waals surface area (Å²) in [5.74, 6) is 0.792. The Morgan fingerprint density at radius 1 is 1.43 bits per heavy atom. The van der Waals surface area contributed by atoms with Crippen LogP contribution >= 0.6 is 27.5 Å². The molecule has 2 nitrogen and oxygen atoms in total. The van der Waals surface area contributed by atoms with Crippen LogP contribution in [0.5, 0.6) is 0 Å². The molecular weight excluding hydrogens is 350 g/mol. The Hall–Kier alpha value is -0.0900. The zero-order valence-electron chi connectivity index (χ0n) is 12.6. The Balaban J connectivity index is 2.19. The van der Waals surface area contributed by atoms with Crippen LogP contribution in [0.15, 0.2) is 22.7 Å². The predicted molar refractivity (Wildman–Crippen MR) is 92.5 cm³/mol. The van der Waals surface area contributed by atoms with Crippen LogP contribution in [0.3, 0.4) is 0 Å². The Kier molecular flexibility index (Phi) is 6.13. The second-order valence-electron chi connectivity index (χ2n) is 6.37. The van der Waals surface area contributed by atoms with Crippen LogP contribution in [0.1, 0.15) is 57.1 Å². The van der Waals surface area contributed by atoms with Crippen LogP contribution in [-0.2, 0) is 0 Å². The lowest BCUT2D eigenvalue weighted by Crippen LogP contribution is -2.40. The molecule has 3 N–H and O–H groups in total. The molecule has 1 aliphatic carbocycles. The second kappa shape index (κ2) is 7.45. The van der Waals surface area contributed by atoms with E-state index in [1.165, 1.54) is 12.8 Å². The number of rotatable bonds is 5. The summed E-state index contributed by atoms with van der Waals surface area (Å²) in [5.41, 5.74) is 6.64. The first-order valence-corrected chi connectivity index (χ1v) is 9.02. The first-order chi connectivity index (χ1) is 10.0. The highest BCUT2D eigenvalue weighted by Gasteiger charge is 2.41. The van der Waals surface area contributed by atoms with Gasteiger partial charge in [-0.1, -0.05) is 47.3 Å². The smallest absolute Gasteiger partial charge is 0.0873 e. The first-order valence-electron chi connectivity index (χ1n) is 7.85. The number of halogens is 2. The minimum atomic E-state index is -0.588. The van der Waals surface area contributed by atoms with Crippen molar-refractivity contribution >= 4 is 27.5 Å². The summed E-state index contributed by atoms with van der Waals surface area (Å²) in [6.07, 6.45) is 6.22. The maximum absolute atomic E-state index is 10.9. The van der Waals surface area contributed by atoms with E-state index in [1.54, 1.807) is 0 Å². The monoisotopic (exact) mass is 373 g/mol. The molecule has 0 radical (unpaired) electrons. The van der Waals surface area contributed by atoms with E-state index in [-0.39, 0.29) is 5.41 Å². The molecule has 1 unspecified atom stereocenters. The van der Waals surface area contributed by atoms with Crippen LogP contribution in [0, 0.1) is 11.3 Å². The summed E-state index contributed by atoms with van der Waals surface area (Å²) < 4.78 is 0.938. The number of hydrogen-bond donors (Lipinski definition) is 2. The summed E-state index contributed by atoms with van der Waals surface area (Å²) in [6.45, 7) is 2.75. The third kappa shape index (κ3) is 3.82. The van der Waals surface area contributed by atoms with E-state index in [1.807, 2.05) is 18.2 Å². The molecule has 0 amide bonds. The number of aliphatic hydroxyl groups excluding tert-OH is 1. The molecule has 1 aromatic rings. The highest BCUT2D eigenvalue weighted by molar-refractivity contribution is 9.10. The van der Waals surface area contributed by atoms with Crippen LogP contribution in [0.25, 0.3) is 0 Å². The van der Waals surface area contributed by atoms with Gasteiger partial charge in [-0.25, -0.2) is 0 Å². The molecule has 4 heteroatoms. The van der Waals surface area contributed by atoms with Crippen molar-refractivity contribution in [1.29, 1.82) is 0 Å². The van der Waals surface area contributed by atoms with Crippen molar-refractivity contribution in [2.24, 2.45) is 17.1 Å². The van der Waals surface area contributed by atoms with E-state index in [9.17, 15) is 5.11 Å². The normalized spacial score (nSPS) is 27.6. The fraction of sp³-hybridized carbons (Fsp3) is 0.647.